The Morgan fingerprint density at radius 2 is 1.88 bits per heavy atom. The highest BCUT2D eigenvalue weighted by molar-refractivity contribution is 5.81. The van der Waals surface area contributed by atoms with Crippen molar-refractivity contribution in [3.8, 4) is 0 Å². The molecule has 4 rings (SSSR count). The minimum absolute atomic E-state index is 0.0651. The van der Waals surface area contributed by atoms with Crippen molar-refractivity contribution in [3.05, 3.63) is 35.4 Å². The predicted octanol–water partition coefficient (Wildman–Crippen LogP) is 2.46. The monoisotopic (exact) mass is 341 g/mol. The fraction of sp³-hybridized carbons (Fsp3) is 0.667. The van der Waals surface area contributed by atoms with Gasteiger partial charge in [0.05, 0.1) is 6.04 Å². The number of carbonyl (C=O) groups is 1. The molecule has 1 aromatic rings. The number of nitrogens with two attached hydrogens (primary N) is 1. The molecule has 2 fully saturated rings. The average Bonchev–Trinajstić information content (AvgIpc) is 2.61. The van der Waals surface area contributed by atoms with Crippen molar-refractivity contribution in [2.24, 2.45) is 17.6 Å². The molecule has 4 nitrogen and oxygen atoms in total. The Balaban J connectivity index is 1.40. The lowest BCUT2D eigenvalue weighted by atomic mass is 9.67. The third-order valence-corrected chi connectivity index (χ3v) is 6.77. The van der Waals surface area contributed by atoms with E-state index < -0.39 is 0 Å². The number of nitrogens with zero attached hydrogens (tertiary/aromatic N) is 1. The van der Waals surface area contributed by atoms with Gasteiger partial charge in [-0.2, -0.15) is 0 Å². The molecule has 2 saturated carbocycles. The third kappa shape index (κ3) is 3.47. The number of rotatable bonds is 3. The number of hydrogen-bond donors (Lipinski definition) is 2. The van der Waals surface area contributed by atoms with Gasteiger partial charge in [0.15, 0.2) is 0 Å². The topological polar surface area (TPSA) is 58.4 Å². The molecule has 3 unspecified atom stereocenters. The summed E-state index contributed by atoms with van der Waals surface area (Å²) in [5.74, 6) is 1.37. The summed E-state index contributed by atoms with van der Waals surface area (Å²) < 4.78 is 0. The van der Waals surface area contributed by atoms with Crippen LogP contribution in [0.3, 0.4) is 0 Å². The van der Waals surface area contributed by atoms with Gasteiger partial charge in [0, 0.05) is 25.2 Å². The van der Waals surface area contributed by atoms with Gasteiger partial charge in [0.25, 0.3) is 0 Å². The fourth-order valence-corrected chi connectivity index (χ4v) is 5.32. The van der Waals surface area contributed by atoms with Crippen LogP contribution in [0.2, 0.25) is 0 Å². The number of nitrogens with one attached hydrogen (secondary N) is 1. The lowest BCUT2D eigenvalue weighted by molar-refractivity contribution is -0.128. The Hall–Kier alpha value is -1.39. The van der Waals surface area contributed by atoms with E-state index in [4.69, 9.17) is 5.73 Å². The summed E-state index contributed by atoms with van der Waals surface area (Å²) in [6, 6.07) is 9.23. The highest BCUT2D eigenvalue weighted by Crippen LogP contribution is 2.39. The first-order valence-corrected chi connectivity index (χ1v) is 9.98. The van der Waals surface area contributed by atoms with E-state index in [9.17, 15) is 4.79 Å². The lowest BCUT2D eigenvalue weighted by Crippen LogP contribution is -2.57. The first-order valence-electron chi connectivity index (χ1n) is 9.98. The van der Waals surface area contributed by atoms with E-state index in [2.05, 4.69) is 41.4 Å². The van der Waals surface area contributed by atoms with Gasteiger partial charge in [0.1, 0.15) is 0 Å². The van der Waals surface area contributed by atoms with Gasteiger partial charge in [-0.25, -0.2) is 0 Å². The van der Waals surface area contributed by atoms with Crippen LogP contribution in [0.5, 0.6) is 0 Å². The molecule has 1 amide bonds. The second-order valence-corrected chi connectivity index (χ2v) is 8.38. The zero-order valence-electron chi connectivity index (χ0n) is 15.3. The van der Waals surface area contributed by atoms with Crippen LogP contribution < -0.4 is 11.1 Å². The minimum Gasteiger partial charge on any atom is -0.351 e. The van der Waals surface area contributed by atoms with Crippen molar-refractivity contribution < 1.29 is 4.79 Å². The zero-order valence-corrected chi connectivity index (χ0v) is 15.3. The molecule has 3 atom stereocenters. The van der Waals surface area contributed by atoms with Crippen LogP contribution in [-0.4, -0.2) is 35.5 Å². The maximum absolute atomic E-state index is 13.0. The first-order chi connectivity index (χ1) is 12.1. The van der Waals surface area contributed by atoms with Crippen LogP contribution in [0.15, 0.2) is 24.3 Å². The van der Waals surface area contributed by atoms with Crippen LogP contribution in [0.1, 0.15) is 50.2 Å². The standard InChI is InChI=1S/C21H31N3O/c1-14(24-10-9-15-5-2-3-6-18(15)13-24)21(25)23-20-16-7-4-8-17(20)12-19(22)11-16/h2-3,5-6,14,16-17,19-20H,4,7-13,22H2,1H3,(H,23,25). The van der Waals surface area contributed by atoms with Crippen LogP contribution >= 0.6 is 0 Å². The average molecular weight is 341 g/mol. The zero-order chi connectivity index (χ0) is 17.4. The Morgan fingerprint density at radius 3 is 2.60 bits per heavy atom. The Morgan fingerprint density at radius 1 is 1.20 bits per heavy atom. The Bertz CT molecular complexity index is 617. The predicted molar refractivity (Wildman–Crippen MR) is 100.0 cm³/mol. The van der Waals surface area contributed by atoms with Crippen molar-refractivity contribution in [1.29, 1.82) is 0 Å². The molecule has 1 aliphatic heterocycles. The van der Waals surface area contributed by atoms with E-state index >= 15 is 0 Å². The molecule has 1 aromatic carbocycles. The van der Waals surface area contributed by atoms with Gasteiger partial charge < -0.3 is 11.1 Å². The van der Waals surface area contributed by atoms with Gasteiger partial charge in [0.2, 0.25) is 5.91 Å². The van der Waals surface area contributed by atoms with E-state index in [-0.39, 0.29) is 11.9 Å². The fourth-order valence-electron chi connectivity index (χ4n) is 5.32. The lowest BCUT2D eigenvalue weighted by Gasteiger charge is -2.46. The largest absolute Gasteiger partial charge is 0.351 e. The van der Waals surface area contributed by atoms with Gasteiger partial charge >= 0.3 is 0 Å². The summed E-state index contributed by atoms with van der Waals surface area (Å²) in [5, 5.41) is 3.43. The van der Waals surface area contributed by atoms with E-state index in [1.807, 2.05) is 0 Å². The van der Waals surface area contributed by atoms with E-state index in [1.54, 1.807) is 0 Å². The summed E-state index contributed by atoms with van der Waals surface area (Å²) in [6.45, 7) is 3.91. The van der Waals surface area contributed by atoms with Crippen molar-refractivity contribution >= 4 is 5.91 Å². The molecule has 2 aliphatic carbocycles. The first kappa shape index (κ1) is 17.0. The second kappa shape index (κ2) is 7.08. The minimum atomic E-state index is -0.0651. The molecule has 25 heavy (non-hydrogen) atoms. The SMILES string of the molecule is CC(C(=O)NC1C2CCCC1CC(N)C2)N1CCc2ccccc2C1. The van der Waals surface area contributed by atoms with Crippen molar-refractivity contribution in [3.63, 3.8) is 0 Å². The van der Waals surface area contributed by atoms with Crippen molar-refractivity contribution in [2.75, 3.05) is 6.54 Å². The summed E-state index contributed by atoms with van der Waals surface area (Å²) in [4.78, 5) is 15.3. The number of carbonyl (C=O) groups excluding carboxylic acids is 1. The molecule has 2 bridgehead atoms. The Labute approximate surface area is 151 Å². The molecular formula is C21H31N3O. The molecule has 0 saturated heterocycles. The van der Waals surface area contributed by atoms with Crippen LogP contribution in [0, 0.1) is 11.8 Å². The molecule has 0 radical (unpaired) electrons. The van der Waals surface area contributed by atoms with Crippen LogP contribution in [0.4, 0.5) is 0 Å². The summed E-state index contributed by atoms with van der Waals surface area (Å²) in [7, 11) is 0. The second-order valence-electron chi connectivity index (χ2n) is 8.38. The normalized spacial score (nSPS) is 33.4. The molecule has 3 N–H and O–H groups in total. The van der Waals surface area contributed by atoms with Crippen LogP contribution in [0.25, 0.3) is 0 Å². The maximum Gasteiger partial charge on any atom is 0.237 e. The maximum atomic E-state index is 13.0. The molecule has 0 spiro atoms. The number of fused-ring (bicyclic) bond motifs is 3. The van der Waals surface area contributed by atoms with Gasteiger partial charge in [-0.05, 0) is 62.0 Å². The molecule has 0 aromatic heterocycles. The van der Waals surface area contributed by atoms with Gasteiger partial charge in [-0.15, -0.1) is 0 Å². The number of amides is 1. The van der Waals surface area contributed by atoms with Crippen molar-refractivity contribution in [1.82, 2.24) is 10.2 Å². The van der Waals surface area contributed by atoms with Gasteiger partial charge in [-0.1, -0.05) is 30.7 Å². The quantitative estimate of drug-likeness (QED) is 0.888. The van der Waals surface area contributed by atoms with Gasteiger partial charge in [-0.3, -0.25) is 9.69 Å². The summed E-state index contributed by atoms with van der Waals surface area (Å²) >= 11 is 0. The molecule has 4 heteroatoms. The summed E-state index contributed by atoms with van der Waals surface area (Å²) in [5.41, 5.74) is 9.02. The molecule has 3 aliphatic rings. The highest BCUT2D eigenvalue weighted by Gasteiger charge is 2.40. The van der Waals surface area contributed by atoms with Crippen LogP contribution in [-0.2, 0) is 17.8 Å². The highest BCUT2D eigenvalue weighted by atomic mass is 16.2. The number of benzene rings is 1. The van der Waals surface area contributed by atoms with Crippen molar-refractivity contribution in [2.45, 2.75) is 70.1 Å². The smallest absolute Gasteiger partial charge is 0.237 e. The Kier molecular flexibility index (Phi) is 4.83. The van der Waals surface area contributed by atoms with E-state index in [0.717, 1.165) is 32.4 Å². The number of hydrogen-bond acceptors (Lipinski definition) is 3. The molecule has 1 heterocycles. The summed E-state index contributed by atoms with van der Waals surface area (Å²) in [6.07, 6.45) is 6.94. The molecule has 136 valence electrons. The third-order valence-electron chi connectivity index (χ3n) is 6.77. The van der Waals surface area contributed by atoms with E-state index in [1.165, 1.54) is 30.4 Å². The molecular weight excluding hydrogens is 310 g/mol. The van der Waals surface area contributed by atoms with E-state index in [0.29, 0.717) is 23.9 Å².